The first kappa shape index (κ1) is 17.0. The highest BCUT2D eigenvalue weighted by atomic mass is 16.4. The largest absolute Gasteiger partial charge is 0.476 e. The van der Waals surface area contributed by atoms with Gasteiger partial charge < -0.3 is 5.11 Å². The Morgan fingerprint density at radius 3 is 2.45 bits per heavy atom. The summed E-state index contributed by atoms with van der Waals surface area (Å²) in [4.78, 5) is 11.4. The van der Waals surface area contributed by atoms with Gasteiger partial charge in [-0.05, 0) is 38.0 Å². The van der Waals surface area contributed by atoms with Crippen molar-refractivity contribution >= 4 is 5.97 Å². The van der Waals surface area contributed by atoms with E-state index >= 15 is 0 Å². The average Bonchev–Trinajstić information content (AvgIpc) is 2.95. The number of aromatic nitrogens is 3. The number of carboxylic acids is 1. The molecule has 22 heavy (non-hydrogen) atoms. The molecule has 1 aliphatic rings. The molecular weight excluding hydrogens is 278 g/mol. The quantitative estimate of drug-likeness (QED) is 0.780. The number of nitrogens with zero attached hydrogens (tertiary/aromatic N) is 3. The number of aryl methyl sites for hydroxylation is 1. The van der Waals surface area contributed by atoms with Crippen LogP contribution in [-0.2, 0) is 6.54 Å². The molecule has 1 aromatic heterocycles. The molecule has 1 aliphatic carbocycles. The number of hydrogen-bond acceptors (Lipinski definition) is 3. The van der Waals surface area contributed by atoms with Crippen LogP contribution in [0.2, 0.25) is 0 Å². The van der Waals surface area contributed by atoms with E-state index in [0.717, 1.165) is 43.8 Å². The van der Waals surface area contributed by atoms with Crippen LogP contribution in [0.25, 0.3) is 0 Å². The van der Waals surface area contributed by atoms with Gasteiger partial charge in [-0.1, -0.05) is 44.7 Å². The Morgan fingerprint density at radius 2 is 1.86 bits per heavy atom. The first-order valence-corrected chi connectivity index (χ1v) is 8.84. The molecule has 1 aromatic rings. The summed E-state index contributed by atoms with van der Waals surface area (Å²) in [6.45, 7) is 5.15. The van der Waals surface area contributed by atoms with Crippen LogP contribution >= 0.6 is 0 Å². The lowest BCUT2D eigenvalue weighted by Crippen LogP contribution is -2.19. The highest BCUT2D eigenvalue weighted by Gasteiger charge is 2.30. The van der Waals surface area contributed by atoms with Gasteiger partial charge in [0.1, 0.15) is 0 Å². The van der Waals surface area contributed by atoms with Gasteiger partial charge in [0.25, 0.3) is 0 Å². The van der Waals surface area contributed by atoms with E-state index < -0.39 is 5.97 Å². The number of carbonyl (C=O) groups is 1. The molecule has 0 atom stereocenters. The molecule has 2 rings (SSSR count). The molecule has 5 heteroatoms. The summed E-state index contributed by atoms with van der Waals surface area (Å²) in [6, 6.07) is 0. The number of carboxylic acid groups (broad SMARTS) is 1. The maximum Gasteiger partial charge on any atom is 0.358 e. The summed E-state index contributed by atoms with van der Waals surface area (Å²) in [5, 5.41) is 17.4. The molecule has 0 aromatic carbocycles. The second-order valence-corrected chi connectivity index (χ2v) is 6.57. The van der Waals surface area contributed by atoms with Crippen molar-refractivity contribution in [3.8, 4) is 0 Å². The molecular formula is C17H29N3O2. The minimum atomic E-state index is -0.939. The molecule has 1 N–H and O–H groups in total. The van der Waals surface area contributed by atoms with Crippen LogP contribution in [-0.4, -0.2) is 26.1 Å². The standard InChI is InChI=1S/C17H29N3O2/c1-3-5-7-13-8-10-14(11-9-13)16-15(17(21)22)18-19-20(16)12-6-4-2/h13-14H,3-12H2,1-2H3,(H,21,22). The molecule has 1 heterocycles. The molecule has 1 fully saturated rings. The summed E-state index contributed by atoms with van der Waals surface area (Å²) in [5.41, 5.74) is 1.04. The van der Waals surface area contributed by atoms with E-state index in [1.165, 1.54) is 32.1 Å². The average molecular weight is 307 g/mol. The second-order valence-electron chi connectivity index (χ2n) is 6.57. The van der Waals surface area contributed by atoms with Crippen molar-refractivity contribution in [3.05, 3.63) is 11.4 Å². The normalized spacial score (nSPS) is 21.9. The van der Waals surface area contributed by atoms with Crippen molar-refractivity contribution in [1.82, 2.24) is 15.0 Å². The van der Waals surface area contributed by atoms with Gasteiger partial charge in [-0.3, -0.25) is 0 Å². The van der Waals surface area contributed by atoms with Gasteiger partial charge in [-0.15, -0.1) is 5.10 Å². The van der Waals surface area contributed by atoms with Crippen LogP contribution in [0.3, 0.4) is 0 Å². The third kappa shape index (κ3) is 4.08. The van der Waals surface area contributed by atoms with E-state index in [0.29, 0.717) is 5.92 Å². The molecule has 0 spiro atoms. The van der Waals surface area contributed by atoms with Gasteiger partial charge in [0.05, 0.1) is 5.69 Å². The topological polar surface area (TPSA) is 68.0 Å². The highest BCUT2D eigenvalue weighted by molar-refractivity contribution is 5.86. The maximum atomic E-state index is 11.4. The number of aromatic carboxylic acids is 1. The lowest BCUT2D eigenvalue weighted by molar-refractivity contribution is 0.0687. The van der Waals surface area contributed by atoms with E-state index in [1.54, 1.807) is 0 Å². The van der Waals surface area contributed by atoms with Gasteiger partial charge in [-0.25, -0.2) is 9.48 Å². The molecule has 0 unspecified atom stereocenters. The number of hydrogen-bond donors (Lipinski definition) is 1. The van der Waals surface area contributed by atoms with E-state index in [2.05, 4.69) is 24.2 Å². The Labute approximate surface area is 133 Å². The molecule has 0 aliphatic heterocycles. The summed E-state index contributed by atoms with van der Waals surface area (Å²) in [5.74, 6) is 0.200. The highest BCUT2D eigenvalue weighted by Crippen LogP contribution is 2.38. The van der Waals surface area contributed by atoms with E-state index in [1.807, 2.05) is 4.68 Å². The molecule has 1 saturated carbocycles. The zero-order valence-corrected chi connectivity index (χ0v) is 13.9. The van der Waals surface area contributed by atoms with E-state index in [4.69, 9.17) is 0 Å². The summed E-state index contributed by atoms with van der Waals surface area (Å²) in [7, 11) is 0. The van der Waals surface area contributed by atoms with Crippen LogP contribution in [0.15, 0.2) is 0 Å². The zero-order valence-electron chi connectivity index (χ0n) is 13.9. The van der Waals surface area contributed by atoms with Crippen LogP contribution in [0, 0.1) is 5.92 Å². The fourth-order valence-corrected chi connectivity index (χ4v) is 3.57. The fourth-order valence-electron chi connectivity index (χ4n) is 3.57. The van der Waals surface area contributed by atoms with E-state index in [9.17, 15) is 9.90 Å². The van der Waals surface area contributed by atoms with Crippen molar-refractivity contribution in [1.29, 1.82) is 0 Å². The van der Waals surface area contributed by atoms with Gasteiger partial charge in [-0.2, -0.15) is 0 Å². The van der Waals surface area contributed by atoms with Gasteiger partial charge in [0, 0.05) is 12.5 Å². The van der Waals surface area contributed by atoms with Gasteiger partial charge in [0.2, 0.25) is 0 Å². The summed E-state index contributed by atoms with van der Waals surface area (Å²) < 4.78 is 1.85. The SMILES string of the molecule is CCCCC1CCC(c2c(C(=O)O)nnn2CCCC)CC1. The minimum absolute atomic E-state index is 0.174. The monoisotopic (exact) mass is 307 g/mol. The Hall–Kier alpha value is -1.39. The van der Waals surface area contributed by atoms with Crippen LogP contribution in [0.5, 0.6) is 0 Å². The Kier molecular flexibility index (Phi) is 6.40. The Balaban J connectivity index is 2.07. The van der Waals surface area contributed by atoms with Crippen molar-refractivity contribution in [3.63, 3.8) is 0 Å². The van der Waals surface area contributed by atoms with Crippen LogP contribution in [0.4, 0.5) is 0 Å². The van der Waals surface area contributed by atoms with Crippen molar-refractivity contribution < 1.29 is 9.90 Å². The predicted molar refractivity (Wildman–Crippen MR) is 86.1 cm³/mol. The maximum absolute atomic E-state index is 11.4. The van der Waals surface area contributed by atoms with Gasteiger partial charge in [0.15, 0.2) is 5.69 Å². The predicted octanol–water partition coefficient (Wildman–Crippen LogP) is 4.24. The summed E-state index contributed by atoms with van der Waals surface area (Å²) in [6.07, 6.45) is 10.6. The number of rotatable bonds is 8. The first-order valence-electron chi connectivity index (χ1n) is 8.84. The van der Waals surface area contributed by atoms with Crippen molar-refractivity contribution in [2.24, 2.45) is 5.92 Å². The smallest absolute Gasteiger partial charge is 0.358 e. The van der Waals surface area contributed by atoms with Crippen LogP contribution in [0.1, 0.15) is 93.7 Å². The Bertz CT molecular complexity index is 476. The molecule has 124 valence electrons. The van der Waals surface area contributed by atoms with E-state index in [-0.39, 0.29) is 5.69 Å². The third-order valence-electron chi connectivity index (χ3n) is 4.90. The lowest BCUT2D eigenvalue weighted by atomic mass is 9.78. The third-order valence-corrected chi connectivity index (χ3v) is 4.90. The van der Waals surface area contributed by atoms with Crippen molar-refractivity contribution in [2.45, 2.75) is 84.1 Å². The van der Waals surface area contributed by atoms with Gasteiger partial charge >= 0.3 is 5.97 Å². The summed E-state index contributed by atoms with van der Waals surface area (Å²) >= 11 is 0. The molecule has 0 saturated heterocycles. The number of unbranched alkanes of at least 4 members (excludes halogenated alkanes) is 2. The van der Waals surface area contributed by atoms with Crippen molar-refractivity contribution in [2.75, 3.05) is 0 Å². The fraction of sp³-hybridized carbons (Fsp3) is 0.824. The Morgan fingerprint density at radius 1 is 1.18 bits per heavy atom. The molecule has 0 bridgehead atoms. The molecule has 0 radical (unpaired) electrons. The molecule has 5 nitrogen and oxygen atoms in total. The second kappa shape index (κ2) is 8.30. The zero-order chi connectivity index (χ0) is 15.9. The molecule has 0 amide bonds. The minimum Gasteiger partial charge on any atom is -0.476 e. The van der Waals surface area contributed by atoms with Crippen LogP contribution < -0.4 is 0 Å². The first-order chi connectivity index (χ1) is 10.7. The lowest BCUT2D eigenvalue weighted by Gasteiger charge is -2.29.